The normalized spacial score (nSPS) is 16.0. The molecule has 4 nitrogen and oxygen atoms in total. The second-order valence-corrected chi connectivity index (χ2v) is 5.97. The number of anilines is 1. The van der Waals surface area contributed by atoms with Crippen molar-refractivity contribution < 1.29 is 9.53 Å². The van der Waals surface area contributed by atoms with Gasteiger partial charge in [-0.15, -0.1) is 0 Å². The number of carbonyl (C=O) groups is 1. The third kappa shape index (κ3) is 4.33. The molecule has 1 amide bonds. The highest BCUT2D eigenvalue weighted by molar-refractivity contribution is 6.04. The molecule has 0 atom stereocenters. The molecule has 1 saturated heterocycles. The molecule has 120 valence electrons. The fourth-order valence-corrected chi connectivity index (χ4v) is 2.70. The maximum Gasteiger partial charge on any atom is 0.255 e. The molecule has 23 heavy (non-hydrogen) atoms. The van der Waals surface area contributed by atoms with E-state index in [1.54, 1.807) is 12.1 Å². The number of nitrogens with zero attached hydrogens (tertiary/aromatic N) is 1. The first-order valence-electron chi connectivity index (χ1n) is 8.02. The highest BCUT2D eigenvalue weighted by Gasteiger charge is 2.17. The second kappa shape index (κ2) is 7.29. The lowest BCUT2D eigenvalue weighted by molar-refractivity contribution is 0.102. The Balaban J connectivity index is 1.56. The number of likely N-dealkylation sites (tertiary alicyclic amines) is 1. The van der Waals surface area contributed by atoms with Crippen LogP contribution in [-0.2, 0) is 0 Å². The summed E-state index contributed by atoms with van der Waals surface area (Å²) < 4.78 is 6.01. The Morgan fingerprint density at radius 3 is 2.35 bits per heavy atom. The van der Waals surface area contributed by atoms with Crippen molar-refractivity contribution in [2.24, 2.45) is 0 Å². The summed E-state index contributed by atoms with van der Waals surface area (Å²) in [4.78, 5) is 14.4. The first-order chi connectivity index (χ1) is 11.2. The minimum atomic E-state index is -0.102. The number of rotatable bonds is 4. The highest BCUT2D eigenvalue weighted by Crippen LogP contribution is 2.21. The maximum absolute atomic E-state index is 12.1. The van der Waals surface area contributed by atoms with Gasteiger partial charge in [0.2, 0.25) is 0 Å². The van der Waals surface area contributed by atoms with Gasteiger partial charge in [0.15, 0.2) is 0 Å². The Hall–Kier alpha value is -2.33. The molecular weight excluding hydrogens is 288 g/mol. The van der Waals surface area contributed by atoms with Crippen molar-refractivity contribution >= 4 is 11.6 Å². The average Bonchev–Trinajstić information content (AvgIpc) is 2.59. The Morgan fingerprint density at radius 2 is 1.70 bits per heavy atom. The van der Waals surface area contributed by atoms with Crippen molar-refractivity contribution in [3.63, 3.8) is 0 Å². The average molecular weight is 310 g/mol. The van der Waals surface area contributed by atoms with Crippen LogP contribution in [-0.4, -0.2) is 37.0 Å². The number of piperidine rings is 1. The topological polar surface area (TPSA) is 41.6 Å². The van der Waals surface area contributed by atoms with Gasteiger partial charge in [-0.2, -0.15) is 0 Å². The van der Waals surface area contributed by atoms with Crippen molar-refractivity contribution in [1.29, 1.82) is 0 Å². The molecule has 2 aromatic carbocycles. The van der Waals surface area contributed by atoms with E-state index in [-0.39, 0.29) is 12.0 Å². The number of hydrogen-bond acceptors (Lipinski definition) is 3. The van der Waals surface area contributed by atoms with Crippen LogP contribution in [0.2, 0.25) is 0 Å². The first-order valence-corrected chi connectivity index (χ1v) is 8.02. The predicted octanol–water partition coefficient (Wildman–Crippen LogP) is 3.41. The Kier molecular flexibility index (Phi) is 4.93. The van der Waals surface area contributed by atoms with Gasteiger partial charge < -0.3 is 15.0 Å². The van der Waals surface area contributed by atoms with Crippen LogP contribution >= 0.6 is 0 Å². The molecule has 0 spiro atoms. The van der Waals surface area contributed by atoms with Gasteiger partial charge in [0.05, 0.1) is 0 Å². The molecule has 1 N–H and O–H groups in total. The number of hydrogen-bond donors (Lipinski definition) is 1. The van der Waals surface area contributed by atoms with E-state index < -0.39 is 0 Å². The summed E-state index contributed by atoms with van der Waals surface area (Å²) in [6.45, 7) is 2.16. The monoisotopic (exact) mass is 310 g/mol. The summed E-state index contributed by atoms with van der Waals surface area (Å²) in [5.74, 6) is 0.756. The lowest BCUT2D eigenvalue weighted by Gasteiger charge is -2.29. The number of benzene rings is 2. The van der Waals surface area contributed by atoms with Gasteiger partial charge >= 0.3 is 0 Å². The quantitative estimate of drug-likeness (QED) is 0.941. The Bertz CT molecular complexity index is 632. The van der Waals surface area contributed by atoms with Gasteiger partial charge in [0.25, 0.3) is 5.91 Å². The zero-order valence-electron chi connectivity index (χ0n) is 13.4. The van der Waals surface area contributed by atoms with Crippen LogP contribution in [0.25, 0.3) is 0 Å². The molecule has 0 radical (unpaired) electrons. The maximum atomic E-state index is 12.1. The van der Waals surface area contributed by atoms with E-state index in [4.69, 9.17) is 4.74 Å². The van der Waals surface area contributed by atoms with E-state index in [9.17, 15) is 4.79 Å². The van der Waals surface area contributed by atoms with Crippen molar-refractivity contribution in [2.45, 2.75) is 18.9 Å². The van der Waals surface area contributed by atoms with Gasteiger partial charge in [0.1, 0.15) is 11.9 Å². The van der Waals surface area contributed by atoms with Crippen molar-refractivity contribution in [3.8, 4) is 5.75 Å². The molecular formula is C19H22N2O2. The molecule has 0 aliphatic carbocycles. The summed E-state index contributed by atoms with van der Waals surface area (Å²) in [7, 11) is 2.14. The van der Waals surface area contributed by atoms with Crippen molar-refractivity contribution in [3.05, 3.63) is 60.2 Å². The summed E-state index contributed by atoms with van der Waals surface area (Å²) in [5, 5.41) is 2.89. The Labute approximate surface area is 137 Å². The number of carbonyl (C=O) groups excluding carboxylic acids is 1. The standard InChI is InChI=1S/C19H22N2O2/c1-21-13-11-18(12-14-21)23-17-9-7-16(8-10-17)20-19(22)15-5-3-2-4-6-15/h2-10,18H,11-14H2,1H3,(H,20,22). The predicted molar refractivity (Wildman–Crippen MR) is 92.0 cm³/mol. The zero-order valence-corrected chi connectivity index (χ0v) is 13.4. The lowest BCUT2D eigenvalue weighted by atomic mass is 10.1. The number of ether oxygens (including phenoxy) is 1. The SMILES string of the molecule is CN1CCC(Oc2ccc(NC(=O)c3ccccc3)cc2)CC1. The summed E-state index contributed by atoms with van der Waals surface area (Å²) in [6.07, 6.45) is 2.40. The van der Waals surface area contributed by atoms with Crippen LogP contribution in [0.3, 0.4) is 0 Å². The summed E-state index contributed by atoms with van der Waals surface area (Å²) in [5.41, 5.74) is 1.42. The minimum absolute atomic E-state index is 0.102. The molecule has 1 aliphatic heterocycles. The molecule has 0 saturated carbocycles. The van der Waals surface area contributed by atoms with Gasteiger partial charge in [-0.1, -0.05) is 18.2 Å². The van der Waals surface area contributed by atoms with Gasteiger partial charge in [-0.05, 0) is 56.3 Å². The third-order valence-corrected chi connectivity index (χ3v) is 4.12. The minimum Gasteiger partial charge on any atom is -0.490 e. The largest absolute Gasteiger partial charge is 0.490 e. The van der Waals surface area contributed by atoms with Gasteiger partial charge in [-0.3, -0.25) is 4.79 Å². The molecule has 0 unspecified atom stereocenters. The summed E-state index contributed by atoms with van der Waals surface area (Å²) in [6, 6.07) is 16.8. The Morgan fingerprint density at radius 1 is 1.04 bits per heavy atom. The van der Waals surface area contributed by atoms with Gasteiger partial charge in [0, 0.05) is 24.3 Å². The van der Waals surface area contributed by atoms with E-state index in [1.165, 1.54) is 0 Å². The summed E-state index contributed by atoms with van der Waals surface area (Å²) >= 11 is 0. The van der Waals surface area contributed by atoms with Gasteiger partial charge in [-0.25, -0.2) is 0 Å². The molecule has 1 aliphatic rings. The van der Waals surface area contributed by atoms with E-state index in [1.807, 2.05) is 42.5 Å². The van der Waals surface area contributed by atoms with Crippen molar-refractivity contribution in [1.82, 2.24) is 4.90 Å². The van der Waals surface area contributed by atoms with Crippen LogP contribution < -0.4 is 10.1 Å². The second-order valence-electron chi connectivity index (χ2n) is 5.97. The van der Waals surface area contributed by atoms with E-state index in [0.29, 0.717) is 5.56 Å². The fourth-order valence-electron chi connectivity index (χ4n) is 2.70. The fraction of sp³-hybridized carbons (Fsp3) is 0.316. The highest BCUT2D eigenvalue weighted by atomic mass is 16.5. The molecule has 0 aromatic heterocycles. The molecule has 1 heterocycles. The number of nitrogens with one attached hydrogen (secondary N) is 1. The van der Waals surface area contributed by atoms with Crippen LogP contribution in [0.5, 0.6) is 5.75 Å². The lowest BCUT2D eigenvalue weighted by Crippen LogP contribution is -2.35. The first kappa shape index (κ1) is 15.6. The van der Waals surface area contributed by atoms with E-state index in [0.717, 1.165) is 37.4 Å². The smallest absolute Gasteiger partial charge is 0.255 e. The van der Waals surface area contributed by atoms with Crippen LogP contribution in [0.15, 0.2) is 54.6 Å². The van der Waals surface area contributed by atoms with Crippen LogP contribution in [0.1, 0.15) is 23.2 Å². The number of amides is 1. The third-order valence-electron chi connectivity index (χ3n) is 4.12. The molecule has 1 fully saturated rings. The van der Waals surface area contributed by atoms with Crippen LogP contribution in [0, 0.1) is 0 Å². The molecule has 4 heteroatoms. The van der Waals surface area contributed by atoms with E-state index in [2.05, 4.69) is 17.3 Å². The van der Waals surface area contributed by atoms with Crippen LogP contribution in [0.4, 0.5) is 5.69 Å². The molecule has 2 aromatic rings. The zero-order chi connectivity index (χ0) is 16.1. The molecule has 0 bridgehead atoms. The van der Waals surface area contributed by atoms with Crippen molar-refractivity contribution in [2.75, 3.05) is 25.5 Å². The molecule has 3 rings (SSSR count). The van der Waals surface area contributed by atoms with E-state index >= 15 is 0 Å².